The number of nitrogens with zero attached hydrogens (tertiary/aromatic N) is 1. The van der Waals surface area contributed by atoms with Crippen molar-refractivity contribution in [3.05, 3.63) is 11.8 Å². The van der Waals surface area contributed by atoms with Gasteiger partial charge in [0.1, 0.15) is 0 Å². The molecule has 0 N–H and O–H groups in total. The Kier molecular flexibility index (Phi) is 1.67. The van der Waals surface area contributed by atoms with Crippen molar-refractivity contribution in [3.63, 3.8) is 0 Å². The standard InChI is InChI=1S/C10H17N/c1-8(2)11-6-5-9-3-4-10(11)7-9/h4,8-9H,3,5-7H2,1-2H3. The lowest BCUT2D eigenvalue weighted by molar-refractivity contribution is 0.221. The highest BCUT2D eigenvalue weighted by Gasteiger charge is 2.27. The largest absolute Gasteiger partial charge is 0.373 e. The molecule has 1 unspecified atom stereocenters. The molecular weight excluding hydrogens is 134 g/mol. The first-order valence-corrected chi connectivity index (χ1v) is 4.73. The molecule has 0 radical (unpaired) electrons. The van der Waals surface area contributed by atoms with E-state index in [1.54, 1.807) is 5.70 Å². The van der Waals surface area contributed by atoms with E-state index in [1.165, 1.54) is 25.8 Å². The van der Waals surface area contributed by atoms with Gasteiger partial charge in [-0.15, -0.1) is 0 Å². The van der Waals surface area contributed by atoms with Crippen LogP contribution in [0.15, 0.2) is 11.8 Å². The maximum Gasteiger partial charge on any atom is 0.0230 e. The summed E-state index contributed by atoms with van der Waals surface area (Å²) >= 11 is 0. The Morgan fingerprint density at radius 1 is 1.55 bits per heavy atom. The monoisotopic (exact) mass is 151 g/mol. The van der Waals surface area contributed by atoms with E-state index in [0.717, 1.165) is 5.92 Å². The van der Waals surface area contributed by atoms with Crippen LogP contribution in [0.1, 0.15) is 33.1 Å². The Balaban J connectivity index is 2.11. The Morgan fingerprint density at radius 2 is 2.36 bits per heavy atom. The van der Waals surface area contributed by atoms with E-state index in [9.17, 15) is 0 Å². The zero-order valence-electron chi connectivity index (χ0n) is 7.51. The predicted octanol–water partition coefficient (Wildman–Crippen LogP) is 2.39. The average molecular weight is 151 g/mol. The van der Waals surface area contributed by atoms with Crippen LogP contribution in [-0.4, -0.2) is 17.5 Å². The molecule has 1 fully saturated rings. The van der Waals surface area contributed by atoms with E-state index >= 15 is 0 Å². The van der Waals surface area contributed by atoms with E-state index in [0.29, 0.717) is 6.04 Å². The van der Waals surface area contributed by atoms with Crippen molar-refractivity contribution in [2.24, 2.45) is 5.92 Å². The van der Waals surface area contributed by atoms with Gasteiger partial charge in [-0.3, -0.25) is 0 Å². The number of hydrogen-bond acceptors (Lipinski definition) is 1. The lowest BCUT2D eigenvalue weighted by Gasteiger charge is -2.34. The van der Waals surface area contributed by atoms with Gasteiger partial charge in [0.25, 0.3) is 0 Å². The van der Waals surface area contributed by atoms with Crippen molar-refractivity contribution < 1.29 is 0 Å². The first kappa shape index (κ1) is 7.20. The minimum Gasteiger partial charge on any atom is -0.373 e. The number of likely N-dealkylation sites (tertiary alicyclic amines) is 1. The molecule has 0 aromatic carbocycles. The molecule has 1 nitrogen and oxygen atoms in total. The van der Waals surface area contributed by atoms with Crippen molar-refractivity contribution in [2.75, 3.05) is 6.54 Å². The molecule has 0 saturated carbocycles. The van der Waals surface area contributed by atoms with E-state index in [4.69, 9.17) is 0 Å². The molecule has 1 heteroatoms. The van der Waals surface area contributed by atoms with E-state index in [-0.39, 0.29) is 0 Å². The maximum absolute atomic E-state index is 2.56. The van der Waals surface area contributed by atoms with Gasteiger partial charge in [0.05, 0.1) is 0 Å². The Morgan fingerprint density at radius 3 is 3.09 bits per heavy atom. The first-order valence-electron chi connectivity index (χ1n) is 4.73. The number of fused-ring (bicyclic) bond motifs is 2. The van der Waals surface area contributed by atoms with Crippen molar-refractivity contribution in [1.82, 2.24) is 4.90 Å². The zero-order chi connectivity index (χ0) is 7.84. The van der Waals surface area contributed by atoms with Crippen LogP contribution in [0.25, 0.3) is 0 Å². The summed E-state index contributed by atoms with van der Waals surface area (Å²) in [5.41, 5.74) is 1.62. The predicted molar refractivity (Wildman–Crippen MR) is 47.3 cm³/mol. The molecule has 1 saturated heterocycles. The molecule has 1 aliphatic carbocycles. The highest BCUT2D eigenvalue weighted by atomic mass is 15.2. The maximum atomic E-state index is 2.56. The van der Waals surface area contributed by atoms with E-state index in [1.807, 2.05) is 0 Å². The van der Waals surface area contributed by atoms with Gasteiger partial charge in [-0.2, -0.15) is 0 Å². The summed E-state index contributed by atoms with van der Waals surface area (Å²) < 4.78 is 0. The minimum absolute atomic E-state index is 0.709. The van der Waals surface area contributed by atoms with Gasteiger partial charge in [0.2, 0.25) is 0 Å². The second-order valence-electron chi connectivity index (χ2n) is 4.08. The zero-order valence-corrected chi connectivity index (χ0v) is 7.51. The van der Waals surface area contributed by atoms with Crippen LogP contribution >= 0.6 is 0 Å². The third-order valence-electron chi connectivity index (χ3n) is 2.96. The van der Waals surface area contributed by atoms with Crippen LogP contribution < -0.4 is 0 Å². The topological polar surface area (TPSA) is 3.24 Å². The summed E-state index contributed by atoms with van der Waals surface area (Å²) in [5, 5.41) is 0. The number of allylic oxidation sites excluding steroid dienone is 2. The minimum atomic E-state index is 0.709. The highest BCUT2D eigenvalue weighted by molar-refractivity contribution is 5.13. The van der Waals surface area contributed by atoms with E-state index < -0.39 is 0 Å². The van der Waals surface area contributed by atoms with Gasteiger partial charge in [-0.1, -0.05) is 6.08 Å². The lowest BCUT2D eigenvalue weighted by Crippen LogP contribution is -2.34. The van der Waals surface area contributed by atoms with Crippen LogP contribution in [0, 0.1) is 5.92 Å². The molecule has 2 bridgehead atoms. The summed E-state index contributed by atoms with van der Waals surface area (Å²) in [5.74, 6) is 1.000. The van der Waals surface area contributed by atoms with Crippen LogP contribution in [0.5, 0.6) is 0 Å². The molecule has 0 amide bonds. The normalized spacial score (nSPS) is 29.5. The summed E-state index contributed by atoms with van der Waals surface area (Å²) in [6, 6.07) is 0.709. The molecule has 1 heterocycles. The molecule has 2 aliphatic rings. The van der Waals surface area contributed by atoms with Crippen molar-refractivity contribution in [2.45, 2.75) is 39.2 Å². The second-order valence-corrected chi connectivity index (χ2v) is 4.08. The Labute approximate surface area is 69.1 Å². The van der Waals surface area contributed by atoms with Gasteiger partial charge >= 0.3 is 0 Å². The molecular formula is C10H17N. The fraction of sp³-hybridized carbons (Fsp3) is 0.800. The van der Waals surface area contributed by atoms with E-state index in [2.05, 4.69) is 24.8 Å². The van der Waals surface area contributed by atoms with Crippen molar-refractivity contribution in [1.29, 1.82) is 0 Å². The SMILES string of the molecule is CC(C)N1CCC2CC=C1C2. The molecule has 62 valence electrons. The lowest BCUT2D eigenvalue weighted by atomic mass is 9.98. The third-order valence-corrected chi connectivity index (χ3v) is 2.96. The molecule has 11 heavy (non-hydrogen) atoms. The molecule has 0 spiro atoms. The van der Waals surface area contributed by atoms with Crippen LogP contribution in [0.3, 0.4) is 0 Å². The van der Waals surface area contributed by atoms with Gasteiger partial charge in [0, 0.05) is 18.3 Å². The van der Waals surface area contributed by atoms with Gasteiger partial charge in [-0.25, -0.2) is 0 Å². The number of rotatable bonds is 1. The second kappa shape index (κ2) is 2.54. The number of hydrogen-bond donors (Lipinski definition) is 0. The quantitative estimate of drug-likeness (QED) is 0.556. The van der Waals surface area contributed by atoms with Crippen LogP contribution in [-0.2, 0) is 0 Å². The highest BCUT2D eigenvalue weighted by Crippen LogP contribution is 2.35. The smallest absolute Gasteiger partial charge is 0.0230 e. The molecule has 0 aromatic rings. The molecule has 1 atom stereocenters. The van der Waals surface area contributed by atoms with Gasteiger partial charge in [0.15, 0.2) is 0 Å². The third kappa shape index (κ3) is 1.17. The fourth-order valence-corrected chi connectivity index (χ4v) is 2.27. The van der Waals surface area contributed by atoms with Crippen LogP contribution in [0.4, 0.5) is 0 Å². The molecule has 2 rings (SSSR count). The van der Waals surface area contributed by atoms with Gasteiger partial charge < -0.3 is 4.90 Å². The fourth-order valence-electron chi connectivity index (χ4n) is 2.27. The van der Waals surface area contributed by atoms with Crippen molar-refractivity contribution >= 4 is 0 Å². The Hall–Kier alpha value is -0.460. The average Bonchev–Trinajstić information content (AvgIpc) is 2.32. The first-order chi connectivity index (χ1) is 5.27. The number of piperidine rings is 1. The summed E-state index contributed by atoms with van der Waals surface area (Å²) in [6.07, 6.45) is 6.56. The summed E-state index contributed by atoms with van der Waals surface area (Å²) in [4.78, 5) is 2.56. The summed E-state index contributed by atoms with van der Waals surface area (Å²) in [6.45, 7) is 5.88. The molecule has 1 aliphatic heterocycles. The van der Waals surface area contributed by atoms with Crippen LogP contribution in [0.2, 0.25) is 0 Å². The Bertz CT molecular complexity index is 181. The van der Waals surface area contributed by atoms with Gasteiger partial charge in [-0.05, 0) is 39.0 Å². The van der Waals surface area contributed by atoms with Crippen molar-refractivity contribution in [3.8, 4) is 0 Å². The molecule has 0 aromatic heterocycles. The summed E-state index contributed by atoms with van der Waals surface area (Å²) in [7, 11) is 0.